The molecule has 0 saturated carbocycles. The molecule has 2 aromatic rings. The average Bonchev–Trinajstić information content (AvgIpc) is 3.19. The Balaban J connectivity index is 1.70. The van der Waals surface area contributed by atoms with Crippen LogP contribution in [0.3, 0.4) is 0 Å². The summed E-state index contributed by atoms with van der Waals surface area (Å²) in [4.78, 5) is 25.3. The van der Waals surface area contributed by atoms with Crippen molar-refractivity contribution in [3.63, 3.8) is 0 Å². The molecule has 2 aromatic carbocycles. The summed E-state index contributed by atoms with van der Waals surface area (Å²) in [6.07, 6.45) is 4.01. The lowest BCUT2D eigenvalue weighted by Crippen LogP contribution is -2.48. The highest BCUT2D eigenvalue weighted by atomic mass is 35.5. The Kier molecular flexibility index (Phi) is 6.53. The number of nitrogens with zero attached hydrogens (tertiary/aromatic N) is 3. The van der Waals surface area contributed by atoms with Crippen molar-refractivity contribution < 1.29 is 14.3 Å². The first-order chi connectivity index (χ1) is 15.1. The van der Waals surface area contributed by atoms with Gasteiger partial charge in [0.25, 0.3) is 5.91 Å². The van der Waals surface area contributed by atoms with Crippen LogP contribution in [0.15, 0.2) is 53.6 Å². The second-order valence-electron chi connectivity index (χ2n) is 7.65. The van der Waals surface area contributed by atoms with Gasteiger partial charge in [-0.3, -0.25) is 15.2 Å². The number of amides is 1. The third-order valence-electron chi connectivity index (χ3n) is 5.69. The molecule has 2 aliphatic heterocycles. The van der Waals surface area contributed by atoms with E-state index in [1.54, 1.807) is 18.2 Å². The molecule has 0 radical (unpaired) electrons. The average molecular weight is 441 g/mol. The number of anilines is 1. The minimum Gasteiger partial charge on any atom is -0.497 e. The molecule has 4 rings (SSSR count). The second kappa shape index (κ2) is 9.49. The maximum atomic E-state index is 13.1. The van der Waals surface area contributed by atoms with E-state index < -0.39 is 12.0 Å². The summed E-state index contributed by atoms with van der Waals surface area (Å²) >= 11 is 6.45. The van der Waals surface area contributed by atoms with Crippen molar-refractivity contribution in [1.29, 1.82) is 0 Å². The molecule has 162 valence electrons. The molecule has 2 aliphatic rings. The molecule has 2 unspecified atom stereocenters. The van der Waals surface area contributed by atoms with Crippen LogP contribution < -0.4 is 15.2 Å². The number of halogens is 1. The third kappa shape index (κ3) is 4.43. The number of carbonyl (C=O) groups excluding carboxylic acids is 2. The minimum absolute atomic E-state index is 0.182. The number of hydrazone groups is 1. The van der Waals surface area contributed by atoms with Crippen LogP contribution in [-0.2, 0) is 9.59 Å². The molecule has 0 bridgehead atoms. The van der Waals surface area contributed by atoms with E-state index in [0.29, 0.717) is 16.5 Å². The van der Waals surface area contributed by atoms with Gasteiger partial charge in [-0.2, -0.15) is 5.10 Å². The Labute approximate surface area is 186 Å². The van der Waals surface area contributed by atoms with Crippen molar-refractivity contribution >= 4 is 35.2 Å². The molecular weight excluding hydrogens is 416 g/mol. The van der Waals surface area contributed by atoms with E-state index >= 15 is 0 Å². The van der Waals surface area contributed by atoms with Crippen molar-refractivity contribution in [2.45, 2.75) is 25.3 Å². The maximum Gasteiger partial charge on any atom is 0.282 e. The van der Waals surface area contributed by atoms with Gasteiger partial charge in [-0.05, 0) is 42.7 Å². The van der Waals surface area contributed by atoms with E-state index in [4.69, 9.17) is 16.3 Å². The van der Waals surface area contributed by atoms with Crippen molar-refractivity contribution in [3.05, 3.63) is 59.1 Å². The minimum atomic E-state index is -0.741. The van der Waals surface area contributed by atoms with E-state index in [2.05, 4.69) is 10.5 Å². The zero-order valence-corrected chi connectivity index (χ0v) is 18.1. The highest BCUT2D eigenvalue weighted by molar-refractivity contribution is 6.43. The van der Waals surface area contributed by atoms with Gasteiger partial charge in [-0.15, -0.1) is 0 Å². The summed E-state index contributed by atoms with van der Waals surface area (Å²) < 4.78 is 5.26. The van der Waals surface area contributed by atoms with Crippen molar-refractivity contribution in [2.75, 3.05) is 25.2 Å². The zero-order chi connectivity index (χ0) is 21.8. The SMILES string of the molecule is COc1ccc(C2C(C=O)C(C(=O)NN3CCCCC3)=NN2c2ccccc2Cl)cc1. The van der Waals surface area contributed by atoms with Crippen LogP contribution in [0.1, 0.15) is 30.9 Å². The highest BCUT2D eigenvalue weighted by Crippen LogP contribution is 2.41. The van der Waals surface area contributed by atoms with Gasteiger partial charge in [0.05, 0.1) is 29.8 Å². The Morgan fingerprint density at radius 2 is 1.84 bits per heavy atom. The number of benzene rings is 2. The number of hydrogen-bond acceptors (Lipinski definition) is 6. The first kappa shape index (κ1) is 21.3. The quantitative estimate of drug-likeness (QED) is 0.695. The molecule has 2 atom stereocenters. The number of rotatable bonds is 6. The summed E-state index contributed by atoms with van der Waals surface area (Å²) in [6, 6.07) is 14.2. The predicted octanol–water partition coefficient (Wildman–Crippen LogP) is 3.60. The number of hydrazine groups is 1. The van der Waals surface area contributed by atoms with Gasteiger partial charge in [0.15, 0.2) is 0 Å². The van der Waals surface area contributed by atoms with E-state index in [-0.39, 0.29) is 11.6 Å². The molecule has 0 aromatic heterocycles. The molecule has 1 amide bonds. The Hall–Kier alpha value is -2.90. The molecule has 31 heavy (non-hydrogen) atoms. The van der Waals surface area contributed by atoms with E-state index in [1.165, 1.54) is 0 Å². The number of ether oxygens (including phenoxy) is 1. The lowest BCUT2D eigenvalue weighted by Gasteiger charge is -2.28. The number of para-hydroxylation sites is 1. The fraction of sp³-hybridized carbons (Fsp3) is 0.348. The summed E-state index contributed by atoms with van der Waals surface area (Å²) in [5, 5.41) is 8.67. The fourth-order valence-corrected chi connectivity index (χ4v) is 4.30. The smallest absolute Gasteiger partial charge is 0.282 e. The summed E-state index contributed by atoms with van der Waals surface area (Å²) in [5.41, 5.74) is 4.58. The first-order valence-corrected chi connectivity index (χ1v) is 10.8. The van der Waals surface area contributed by atoms with E-state index in [9.17, 15) is 9.59 Å². The Morgan fingerprint density at radius 3 is 2.48 bits per heavy atom. The summed E-state index contributed by atoms with van der Waals surface area (Å²) in [6.45, 7) is 1.59. The predicted molar refractivity (Wildman–Crippen MR) is 120 cm³/mol. The van der Waals surface area contributed by atoms with Crippen molar-refractivity contribution in [3.8, 4) is 5.75 Å². The molecular formula is C23H25ClN4O3. The topological polar surface area (TPSA) is 74.2 Å². The van der Waals surface area contributed by atoms with Crippen LogP contribution in [0.4, 0.5) is 5.69 Å². The molecule has 1 N–H and O–H groups in total. The monoisotopic (exact) mass is 440 g/mol. The number of methoxy groups -OCH3 is 1. The second-order valence-corrected chi connectivity index (χ2v) is 8.06. The van der Waals surface area contributed by atoms with Crippen molar-refractivity contribution in [2.24, 2.45) is 11.0 Å². The molecule has 0 spiro atoms. The molecule has 1 saturated heterocycles. The molecule has 1 fully saturated rings. The number of hydrogen-bond donors (Lipinski definition) is 1. The van der Waals surface area contributed by atoms with Crippen molar-refractivity contribution in [1.82, 2.24) is 10.4 Å². The van der Waals surface area contributed by atoms with Gasteiger partial charge in [0.2, 0.25) is 0 Å². The number of carbonyl (C=O) groups is 2. The van der Waals surface area contributed by atoms with Crippen LogP contribution in [0.25, 0.3) is 0 Å². The van der Waals surface area contributed by atoms with Gasteiger partial charge in [-0.25, -0.2) is 5.01 Å². The lowest BCUT2D eigenvalue weighted by atomic mass is 9.90. The Morgan fingerprint density at radius 1 is 1.13 bits per heavy atom. The summed E-state index contributed by atoms with van der Waals surface area (Å²) in [5.74, 6) is -0.390. The van der Waals surface area contributed by atoms with Gasteiger partial charge < -0.3 is 9.53 Å². The van der Waals surface area contributed by atoms with Crippen LogP contribution >= 0.6 is 11.6 Å². The van der Waals surface area contributed by atoms with E-state index in [0.717, 1.165) is 44.2 Å². The summed E-state index contributed by atoms with van der Waals surface area (Å²) in [7, 11) is 1.60. The number of aldehydes is 1. The normalized spacial score (nSPS) is 21.5. The molecule has 8 heteroatoms. The maximum absolute atomic E-state index is 13.1. The molecule has 0 aliphatic carbocycles. The standard InChI is InChI=1S/C23H25ClN4O3/c1-31-17-11-9-16(10-12-17)22-18(15-29)21(23(30)26-27-13-5-2-6-14-27)25-28(22)20-8-4-3-7-19(20)24/h3-4,7-12,15,18,22H,2,5-6,13-14H2,1H3,(H,26,30). The molecule has 7 nitrogen and oxygen atoms in total. The zero-order valence-electron chi connectivity index (χ0n) is 17.3. The van der Waals surface area contributed by atoms with Crippen LogP contribution in [0, 0.1) is 5.92 Å². The van der Waals surface area contributed by atoms with Gasteiger partial charge in [0, 0.05) is 13.1 Å². The van der Waals surface area contributed by atoms with E-state index in [1.807, 2.05) is 47.5 Å². The highest BCUT2D eigenvalue weighted by Gasteiger charge is 2.43. The van der Waals surface area contributed by atoms with Gasteiger partial charge in [0.1, 0.15) is 17.7 Å². The number of nitrogens with one attached hydrogen (secondary N) is 1. The van der Waals surface area contributed by atoms with Gasteiger partial charge >= 0.3 is 0 Å². The third-order valence-corrected chi connectivity index (χ3v) is 6.01. The van der Waals surface area contributed by atoms with Crippen LogP contribution in [-0.4, -0.2) is 43.1 Å². The number of piperidine rings is 1. The Bertz CT molecular complexity index is 973. The van der Waals surface area contributed by atoms with Gasteiger partial charge in [-0.1, -0.05) is 42.3 Å². The first-order valence-electron chi connectivity index (χ1n) is 10.4. The fourth-order valence-electron chi connectivity index (χ4n) is 4.08. The molecule has 2 heterocycles. The van der Waals surface area contributed by atoms with Crippen LogP contribution in [0.5, 0.6) is 5.75 Å². The lowest BCUT2D eigenvalue weighted by molar-refractivity contribution is -0.120. The largest absolute Gasteiger partial charge is 0.497 e. The van der Waals surface area contributed by atoms with Crippen LogP contribution in [0.2, 0.25) is 5.02 Å².